The minimum atomic E-state index is -0.389. The van der Waals surface area contributed by atoms with E-state index in [9.17, 15) is 19.1 Å². The van der Waals surface area contributed by atoms with Gasteiger partial charge in [-0.1, -0.05) is 6.42 Å². The van der Waals surface area contributed by atoms with Gasteiger partial charge in [-0.05, 0) is 37.1 Å². The fourth-order valence-electron chi connectivity index (χ4n) is 2.60. The summed E-state index contributed by atoms with van der Waals surface area (Å²) in [5.41, 5.74) is 0.412. The van der Waals surface area contributed by atoms with E-state index >= 15 is 0 Å². The molecule has 0 heterocycles. The van der Waals surface area contributed by atoms with E-state index in [1.54, 1.807) is 0 Å². The number of hydrogen-bond acceptors (Lipinski definition) is 3. The lowest BCUT2D eigenvalue weighted by Gasteiger charge is -2.14. The van der Waals surface area contributed by atoms with Crippen molar-refractivity contribution >= 4 is 11.7 Å². The summed E-state index contributed by atoms with van der Waals surface area (Å²) < 4.78 is 12.7. The molecule has 1 saturated carbocycles. The number of rotatable bonds is 6. The number of carbonyl (C=O) groups is 2. The molecule has 2 atom stereocenters. The summed E-state index contributed by atoms with van der Waals surface area (Å²) in [6.45, 7) is 0.463. The highest BCUT2D eigenvalue weighted by atomic mass is 19.1. The number of benzene rings is 1. The number of Topliss-reactive ketones (excluding diaryl/α,β-unsaturated/α-hetero) is 1. The molecule has 0 aliphatic heterocycles. The number of amides is 1. The van der Waals surface area contributed by atoms with Gasteiger partial charge in [0.2, 0.25) is 5.91 Å². The maximum Gasteiger partial charge on any atom is 0.220 e. The van der Waals surface area contributed by atoms with Crippen LogP contribution in [-0.4, -0.2) is 29.4 Å². The van der Waals surface area contributed by atoms with Gasteiger partial charge in [0.15, 0.2) is 5.78 Å². The number of ketones is 1. The van der Waals surface area contributed by atoms with Gasteiger partial charge in [0, 0.05) is 30.9 Å². The molecule has 2 unspecified atom stereocenters. The summed E-state index contributed by atoms with van der Waals surface area (Å²) >= 11 is 0. The van der Waals surface area contributed by atoms with Crippen LogP contribution in [0, 0.1) is 11.7 Å². The van der Waals surface area contributed by atoms with Crippen LogP contribution in [0.2, 0.25) is 0 Å². The van der Waals surface area contributed by atoms with E-state index in [-0.39, 0.29) is 42.4 Å². The van der Waals surface area contributed by atoms with Gasteiger partial charge in [0.25, 0.3) is 0 Å². The summed E-state index contributed by atoms with van der Waals surface area (Å²) in [7, 11) is 0. The van der Waals surface area contributed by atoms with Crippen molar-refractivity contribution in [1.29, 1.82) is 0 Å². The van der Waals surface area contributed by atoms with Crippen LogP contribution in [0.4, 0.5) is 4.39 Å². The number of aliphatic hydroxyl groups is 1. The molecular formula is C16H20FNO3. The molecule has 21 heavy (non-hydrogen) atoms. The third-order valence-corrected chi connectivity index (χ3v) is 3.93. The molecule has 1 aliphatic carbocycles. The first-order chi connectivity index (χ1) is 10.1. The van der Waals surface area contributed by atoms with Gasteiger partial charge in [-0.2, -0.15) is 0 Å². The van der Waals surface area contributed by atoms with Gasteiger partial charge in [-0.3, -0.25) is 9.59 Å². The Labute approximate surface area is 123 Å². The van der Waals surface area contributed by atoms with E-state index in [4.69, 9.17) is 0 Å². The maximum absolute atomic E-state index is 12.7. The zero-order valence-electron chi connectivity index (χ0n) is 11.8. The Morgan fingerprint density at radius 1 is 1.19 bits per heavy atom. The molecule has 4 nitrogen and oxygen atoms in total. The molecule has 1 amide bonds. The Hall–Kier alpha value is -1.75. The van der Waals surface area contributed by atoms with Crippen LogP contribution in [0.3, 0.4) is 0 Å². The second kappa shape index (κ2) is 7.31. The number of nitrogens with one attached hydrogen (secondary N) is 1. The average Bonchev–Trinajstić information content (AvgIpc) is 2.88. The third kappa shape index (κ3) is 4.63. The van der Waals surface area contributed by atoms with Crippen molar-refractivity contribution in [3.63, 3.8) is 0 Å². The summed E-state index contributed by atoms with van der Waals surface area (Å²) in [5.74, 6) is -0.628. The van der Waals surface area contributed by atoms with Crippen LogP contribution in [0.5, 0.6) is 0 Å². The van der Waals surface area contributed by atoms with Crippen LogP contribution >= 0.6 is 0 Å². The first-order valence-corrected chi connectivity index (χ1v) is 7.30. The molecule has 1 fully saturated rings. The summed E-state index contributed by atoms with van der Waals surface area (Å²) in [4.78, 5) is 23.5. The molecule has 0 saturated heterocycles. The highest BCUT2D eigenvalue weighted by Crippen LogP contribution is 2.24. The second-order valence-electron chi connectivity index (χ2n) is 5.49. The molecule has 0 aromatic heterocycles. The standard InChI is InChI=1S/C16H20FNO3/c17-13-6-4-11(5-7-13)15(20)8-9-16(21)18-10-12-2-1-3-14(12)19/h4-7,12,14,19H,1-3,8-10H2,(H,18,21). The quantitative estimate of drug-likeness (QED) is 0.789. The summed E-state index contributed by atoms with van der Waals surface area (Å²) in [6, 6.07) is 5.30. The van der Waals surface area contributed by atoms with E-state index in [0.717, 1.165) is 19.3 Å². The van der Waals surface area contributed by atoms with Crippen molar-refractivity contribution in [3.8, 4) is 0 Å². The third-order valence-electron chi connectivity index (χ3n) is 3.93. The zero-order chi connectivity index (χ0) is 15.2. The van der Waals surface area contributed by atoms with E-state index in [1.165, 1.54) is 24.3 Å². The van der Waals surface area contributed by atoms with Crippen LogP contribution < -0.4 is 5.32 Å². The molecule has 0 radical (unpaired) electrons. The van der Waals surface area contributed by atoms with Crippen molar-refractivity contribution in [3.05, 3.63) is 35.6 Å². The van der Waals surface area contributed by atoms with Crippen molar-refractivity contribution in [2.24, 2.45) is 5.92 Å². The smallest absolute Gasteiger partial charge is 0.220 e. The maximum atomic E-state index is 12.7. The minimum absolute atomic E-state index is 0.102. The van der Waals surface area contributed by atoms with Gasteiger partial charge in [-0.15, -0.1) is 0 Å². The molecule has 114 valence electrons. The van der Waals surface area contributed by atoms with Gasteiger partial charge < -0.3 is 10.4 Å². The molecule has 1 aliphatic rings. The average molecular weight is 293 g/mol. The van der Waals surface area contributed by atoms with Crippen LogP contribution in [0.15, 0.2) is 24.3 Å². The van der Waals surface area contributed by atoms with Crippen molar-refractivity contribution < 1.29 is 19.1 Å². The summed E-state index contributed by atoms with van der Waals surface area (Å²) in [5, 5.41) is 12.4. The Morgan fingerprint density at radius 2 is 1.90 bits per heavy atom. The number of hydrogen-bond donors (Lipinski definition) is 2. The van der Waals surface area contributed by atoms with E-state index in [0.29, 0.717) is 12.1 Å². The van der Waals surface area contributed by atoms with Crippen molar-refractivity contribution in [1.82, 2.24) is 5.32 Å². The predicted octanol–water partition coefficient (Wildman–Crippen LogP) is 2.07. The summed E-state index contributed by atoms with van der Waals surface area (Å²) in [6.07, 6.45) is 2.60. The van der Waals surface area contributed by atoms with E-state index in [1.807, 2.05) is 0 Å². The second-order valence-corrected chi connectivity index (χ2v) is 5.49. The topological polar surface area (TPSA) is 66.4 Å². The molecule has 0 spiro atoms. The van der Waals surface area contributed by atoms with Gasteiger partial charge in [0.1, 0.15) is 5.82 Å². The largest absolute Gasteiger partial charge is 0.393 e. The fraction of sp³-hybridized carbons (Fsp3) is 0.500. The fourth-order valence-corrected chi connectivity index (χ4v) is 2.60. The molecule has 1 aromatic rings. The first-order valence-electron chi connectivity index (χ1n) is 7.30. The first kappa shape index (κ1) is 15.6. The Bertz CT molecular complexity index is 501. The molecule has 5 heteroatoms. The molecule has 2 rings (SSSR count). The Kier molecular flexibility index (Phi) is 5.44. The highest BCUT2D eigenvalue weighted by Gasteiger charge is 2.25. The predicted molar refractivity (Wildman–Crippen MR) is 76.3 cm³/mol. The number of aliphatic hydroxyl groups excluding tert-OH is 1. The zero-order valence-corrected chi connectivity index (χ0v) is 11.8. The van der Waals surface area contributed by atoms with E-state index in [2.05, 4.69) is 5.32 Å². The lowest BCUT2D eigenvalue weighted by Crippen LogP contribution is -2.32. The van der Waals surface area contributed by atoms with Gasteiger partial charge in [0.05, 0.1) is 6.10 Å². The minimum Gasteiger partial charge on any atom is -0.393 e. The number of carbonyl (C=O) groups excluding carboxylic acids is 2. The lowest BCUT2D eigenvalue weighted by atomic mass is 10.1. The SMILES string of the molecule is O=C(CCC(=O)c1ccc(F)cc1)NCC1CCCC1O. The van der Waals surface area contributed by atoms with Crippen molar-refractivity contribution in [2.45, 2.75) is 38.2 Å². The molecule has 2 N–H and O–H groups in total. The van der Waals surface area contributed by atoms with Crippen LogP contribution in [0.1, 0.15) is 42.5 Å². The Balaban J connectivity index is 1.71. The van der Waals surface area contributed by atoms with Gasteiger partial charge in [-0.25, -0.2) is 4.39 Å². The monoisotopic (exact) mass is 293 g/mol. The Morgan fingerprint density at radius 3 is 2.52 bits per heavy atom. The van der Waals surface area contributed by atoms with Crippen LogP contribution in [0.25, 0.3) is 0 Å². The molecule has 1 aromatic carbocycles. The number of halogens is 1. The van der Waals surface area contributed by atoms with E-state index < -0.39 is 0 Å². The highest BCUT2D eigenvalue weighted by molar-refractivity contribution is 5.97. The molecule has 0 bridgehead atoms. The molecular weight excluding hydrogens is 273 g/mol. The van der Waals surface area contributed by atoms with Crippen molar-refractivity contribution in [2.75, 3.05) is 6.54 Å². The van der Waals surface area contributed by atoms with Crippen LogP contribution in [-0.2, 0) is 4.79 Å². The lowest BCUT2D eigenvalue weighted by molar-refractivity contribution is -0.121. The normalized spacial score (nSPS) is 21.2. The van der Waals surface area contributed by atoms with Gasteiger partial charge >= 0.3 is 0 Å².